The highest BCUT2D eigenvalue weighted by molar-refractivity contribution is 4.91. The van der Waals surface area contributed by atoms with Crippen LogP contribution in [0.15, 0.2) is 0 Å². The Labute approximate surface area is 126 Å². The third-order valence-corrected chi connectivity index (χ3v) is 4.21. The van der Waals surface area contributed by atoms with Crippen LogP contribution in [0.25, 0.3) is 0 Å². The molecule has 2 fully saturated rings. The van der Waals surface area contributed by atoms with Gasteiger partial charge in [0.25, 0.3) is 0 Å². The van der Waals surface area contributed by atoms with Crippen molar-refractivity contribution in [1.29, 1.82) is 0 Å². The summed E-state index contributed by atoms with van der Waals surface area (Å²) in [7, 11) is 0. The lowest BCUT2D eigenvalue weighted by molar-refractivity contribution is -0.352. The Morgan fingerprint density at radius 3 is 2.38 bits per heavy atom. The highest BCUT2D eigenvalue weighted by atomic mass is 16.7. The summed E-state index contributed by atoms with van der Waals surface area (Å²) in [5.41, 5.74) is 0. The summed E-state index contributed by atoms with van der Waals surface area (Å²) in [6, 6.07) is 0. The Bertz CT molecular complexity index is 298. The van der Waals surface area contributed by atoms with Gasteiger partial charge in [-0.25, -0.2) is 0 Å². The standard InChI is InChI=1S/C15H28O6/c1-2-3-4-5-6-7-8-11-19-9-10-14(21-11)12(16)13(17)15(18)20-10/h10-18H,2-9H2,1H3/t10?,11?,12?,13?,14-,15-/m0/s1. The van der Waals surface area contributed by atoms with Gasteiger partial charge in [-0.1, -0.05) is 39.0 Å². The lowest BCUT2D eigenvalue weighted by Crippen LogP contribution is -2.62. The number of hydrogen-bond donors (Lipinski definition) is 3. The number of aliphatic hydroxyl groups excluding tert-OH is 3. The van der Waals surface area contributed by atoms with Crippen LogP contribution in [-0.2, 0) is 14.2 Å². The first kappa shape index (κ1) is 17.1. The molecular formula is C15H28O6. The van der Waals surface area contributed by atoms with Crippen LogP contribution in [0.1, 0.15) is 51.9 Å². The Balaban J connectivity index is 1.69. The molecule has 0 bridgehead atoms. The van der Waals surface area contributed by atoms with Crippen LogP contribution in [0, 0.1) is 0 Å². The molecule has 0 aliphatic carbocycles. The first-order chi connectivity index (χ1) is 10.1. The largest absolute Gasteiger partial charge is 0.387 e. The zero-order chi connectivity index (χ0) is 15.2. The van der Waals surface area contributed by atoms with Crippen LogP contribution in [0.4, 0.5) is 0 Å². The maximum atomic E-state index is 9.96. The fourth-order valence-corrected chi connectivity index (χ4v) is 2.88. The van der Waals surface area contributed by atoms with Gasteiger partial charge < -0.3 is 29.5 Å². The van der Waals surface area contributed by atoms with E-state index in [1.165, 1.54) is 25.7 Å². The van der Waals surface area contributed by atoms with E-state index >= 15 is 0 Å². The van der Waals surface area contributed by atoms with Gasteiger partial charge in [0.1, 0.15) is 24.4 Å². The molecule has 2 aliphatic rings. The topological polar surface area (TPSA) is 88.4 Å². The summed E-state index contributed by atoms with van der Waals surface area (Å²) in [5, 5.41) is 29.0. The van der Waals surface area contributed by atoms with Crippen LogP contribution < -0.4 is 0 Å². The minimum absolute atomic E-state index is 0.270. The van der Waals surface area contributed by atoms with E-state index in [9.17, 15) is 15.3 Å². The number of fused-ring (bicyclic) bond motifs is 1. The van der Waals surface area contributed by atoms with Crippen molar-refractivity contribution in [2.45, 2.75) is 88.9 Å². The third-order valence-electron chi connectivity index (χ3n) is 4.21. The second kappa shape index (κ2) is 8.41. The maximum Gasteiger partial charge on any atom is 0.184 e. The van der Waals surface area contributed by atoms with Crippen molar-refractivity contribution in [3.05, 3.63) is 0 Å². The van der Waals surface area contributed by atoms with Gasteiger partial charge in [-0.05, 0) is 12.8 Å². The SMILES string of the molecule is CCCCCCCCC1OCC2O[C@H](O)C(O)C(O)[C@H]2O1. The molecule has 6 heteroatoms. The number of hydrogen-bond acceptors (Lipinski definition) is 6. The number of ether oxygens (including phenoxy) is 3. The van der Waals surface area contributed by atoms with E-state index < -0.39 is 30.7 Å². The molecule has 21 heavy (non-hydrogen) atoms. The summed E-state index contributed by atoms with van der Waals surface area (Å²) in [6.07, 6.45) is 2.57. The summed E-state index contributed by atoms with van der Waals surface area (Å²) in [6.45, 7) is 2.47. The van der Waals surface area contributed by atoms with Gasteiger partial charge >= 0.3 is 0 Å². The zero-order valence-corrected chi connectivity index (χ0v) is 12.7. The van der Waals surface area contributed by atoms with Gasteiger partial charge in [0, 0.05) is 0 Å². The van der Waals surface area contributed by atoms with E-state index in [-0.39, 0.29) is 12.9 Å². The summed E-state index contributed by atoms with van der Waals surface area (Å²) < 4.78 is 16.4. The fraction of sp³-hybridized carbons (Fsp3) is 1.00. The number of unbranched alkanes of at least 4 members (excludes halogenated alkanes) is 5. The zero-order valence-electron chi connectivity index (χ0n) is 12.7. The molecule has 2 aliphatic heterocycles. The molecule has 2 rings (SSSR count). The third kappa shape index (κ3) is 4.61. The summed E-state index contributed by atoms with van der Waals surface area (Å²) in [4.78, 5) is 0. The lowest BCUT2D eigenvalue weighted by Gasteiger charge is -2.45. The Kier molecular flexibility index (Phi) is 6.85. The molecule has 6 atom stereocenters. The first-order valence-electron chi connectivity index (χ1n) is 8.10. The van der Waals surface area contributed by atoms with E-state index in [0.29, 0.717) is 0 Å². The van der Waals surface area contributed by atoms with E-state index in [0.717, 1.165) is 19.3 Å². The molecule has 0 aromatic heterocycles. The molecule has 124 valence electrons. The highest BCUT2D eigenvalue weighted by Gasteiger charge is 2.47. The molecular weight excluding hydrogens is 276 g/mol. The molecule has 0 aromatic carbocycles. The van der Waals surface area contributed by atoms with Gasteiger partial charge in [0.05, 0.1) is 6.61 Å². The van der Waals surface area contributed by atoms with Crippen LogP contribution >= 0.6 is 0 Å². The summed E-state index contributed by atoms with van der Waals surface area (Å²) >= 11 is 0. The van der Waals surface area contributed by atoms with Gasteiger partial charge in [-0.2, -0.15) is 0 Å². The maximum absolute atomic E-state index is 9.96. The van der Waals surface area contributed by atoms with E-state index in [1.54, 1.807) is 0 Å². The van der Waals surface area contributed by atoms with E-state index in [1.807, 2.05) is 0 Å². The molecule has 0 amide bonds. The van der Waals surface area contributed by atoms with Crippen molar-refractivity contribution >= 4 is 0 Å². The van der Waals surface area contributed by atoms with Crippen molar-refractivity contribution < 1.29 is 29.5 Å². The van der Waals surface area contributed by atoms with E-state index in [2.05, 4.69) is 6.92 Å². The second-order valence-electron chi connectivity index (χ2n) is 5.97. The van der Waals surface area contributed by atoms with Gasteiger partial charge in [-0.15, -0.1) is 0 Å². The quantitative estimate of drug-likeness (QED) is 0.606. The second-order valence-corrected chi connectivity index (χ2v) is 5.97. The predicted molar refractivity (Wildman–Crippen MR) is 75.5 cm³/mol. The van der Waals surface area contributed by atoms with Crippen LogP contribution in [0.3, 0.4) is 0 Å². The lowest BCUT2D eigenvalue weighted by atomic mass is 9.98. The average molecular weight is 304 g/mol. The van der Waals surface area contributed by atoms with E-state index in [4.69, 9.17) is 14.2 Å². The van der Waals surface area contributed by atoms with Crippen molar-refractivity contribution in [1.82, 2.24) is 0 Å². The minimum atomic E-state index is -1.39. The Hall–Kier alpha value is -0.240. The number of aliphatic hydroxyl groups is 3. The van der Waals surface area contributed by atoms with Gasteiger partial charge in [-0.3, -0.25) is 0 Å². The smallest absolute Gasteiger partial charge is 0.184 e. The molecule has 0 saturated carbocycles. The molecule has 0 aromatic rings. The van der Waals surface area contributed by atoms with Gasteiger partial charge in [0.15, 0.2) is 12.6 Å². The van der Waals surface area contributed by atoms with Crippen molar-refractivity contribution in [2.75, 3.05) is 6.61 Å². The van der Waals surface area contributed by atoms with Crippen LogP contribution in [0.5, 0.6) is 0 Å². The van der Waals surface area contributed by atoms with Gasteiger partial charge in [0.2, 0.25) is 0 Å². The molecule has 3 N–H and O–H groups in total. The normalized spacial score (nSPS) is 40.0. The molecule has 2 saturated heterocycles. The highest BCUT2D eigenvalue weighted by Crippen LogP contribution is 2.29. The monoisotopic (exact) mass is 304 g/mol. The van der Waals surface area contributed by atoms with Crippen molar-refractivity contribution in [3.63, 3.8) is 0 Å². The predicted octanol–water partition coefficient (Wildman–Crippen LogP) is 0.917. The Morgan fingerprint density at radius 2 is 1.62 bits per heavy atom. The molecule has 0 spiro atoms. The first-order valence-corrected chi connectivity index (χ1v) is 8.10. The number of rotatable bonds is 7. The molecule has 6 nitrogen and oxygen atoms in total. The van der Waals surface area contributed by atoms with Crippen LogP contribution in [0.2, 0.25) is 0 Å². The Morgan fingerprint density at radius 1 is 0.905 bits per heavy atom. The molecule has 4 unspecified atom stereocenters. The fourth-order valence-electron chi connectivity index (χ4n) is 2.88. The molecule has 2 heterocycles. The average Bonchev–Trinajstić information content (AvgIpc) is 2.49. The summed E-state index contributed by atoms with van der Waals surface area (Å²) in [5.74, 6) is 0. The minimum Gasteiger partial charge on any atom is -0.387 e. The van der Waals surface area contributed by atoms with Crippen LogP contribution in [-0.4, -0.2) is 58.9 Å². The van der Waals surface area contributed by atoms with Crippen molar-refractivity contribution in [3.8, 4) is 0 Å². The molecule has 0 radical (unpaired) electrons. The van der Waals surface area contributed by atoms with Crippen molar-refractivity contribution in [2.24, 2.45) is 0 Å².